The summed E-state index contributed by atoms with van der Waals surface area (Å²) < 4.78 is 33.5. The van der Waals surface area contributed by atoms with Crippen molar-refractivity contribution in [2.45, 2.75) is 20.3 Å². The van der Waals surface area contributed by atoms with E-state index in [9.17, 15) is 4.79 Å². The molecule has 0 aliphatic heterocycles. The third-order valence-corrected chi connectivity index (χ3v) is 2.78. The fourth-order valence-electron chi connectivity index (χ4n) is 1.86. The molecule has 2 N–H and O–H groups in total. The van der Waals surface area contributed by atoms with Gasteiger partial charge in [0.05, 0.1) is 7.11 Å². The van der Waals surface area contributed by atoms with Crippen LogP contribution >= 0.6 is 0 Å². The smallest absolute Gasteiger partial charge is 0.336 e. The Labute approximate surface area is 130 Å². The summed E-state index contributed by atoms with van der Waals surface area (Å²) in [4.78, 5) is 11.4. The molecule has 0 fully saturated rings. The molecule has 2 aromatic rings. The number of methoxy groups -OCH3 is 1. The predicted molar refractivity (Wildman–Crippen MR) is 85.6 cm³/mol. The highest BCUT2D eigenvalue weighted by molar-refractivity contribution is 7.73. The average molecular weight is 326 g/mol. The molecule has 0 atom stereocenters. The molecule has 0 spiro atoms. The van der Waals surface area contributed by atoms with E-state index in [-0.39, 0.29) is 5.63 Å². The Balaban J connectivity index is 0.000000541. The Kier molecular flexibility index (Phi) is 6.97. The van der Waals surface area contributed by atoms with Crippen LogP contribution in [0.25, 0.3) is 11.0 Å². The molecule has 1 aromatic carbocycles. The van der Waals surface area contributed by atoms with Gasteiger partial charge in [0.1, 0.15) is 11.3 Å². The first-order chi connectivity index (χ1) is 10.3. The SMILES string of the molecule is COc1ccc2ccc(=O)oc2c1CC=C(C)C.O=S(O)O. The molecule has 1 aromatic heterocycles. The lowest BCUT2D eigenvalue weighted by Crippen LogP contribution is -1.99. The van der Waals surface area contributed by atoms with Gasteiger partial charge in [-0.25, -0.2) is 4.79 Å². The molecule has 0 aliphatic rings. The third kappa shape index (κ3) is 5.44. The summed E-state index contributed by atoms with van der Waals surface area (Å²) in [5.41, 5.74) is 2.40. The van der Waals surface area contributed by atoms with Gasteiger partial charge in [-0.3, -0.25) is 9.11 Å². The molecule has 0 saturated heterocycles. The first-order valence-corrected chi connectivity index (χ1v) is 7.44. The van der Waals surface area contributed by atoms with Crippen molar-refractivity contribution in [1.82, 2.24) is 0 Å². The largest absolute Gasteiger partial charge is 0.496 e. The quantitative estimate of drug-likeness (QED) is 0.511. The molecule has 1 heterocycles. The van der Waals surface area contributed by atoms with Crippen molar-refractivity contribution in [2.24, 2.45) is 0 Å². The van der Waals surface area contributed by atoms with E-state index in [1.165, 1.54) is 11.6 Å². The molecule has 0 radical (unpaired) electrons. The summed E-state index contributed by atoms with van der Waals surface area (Å²) in [7, 11) is 1.62. The zero-order chi connectivity index (χ0) is 16.7. The second kappa shape index (κ2) is 8.47. The minimum Gasteiger partial charge on any atom is -0.496 e. The van der Waals surface area contributed by atoms with Gasteiger partial charge in [0.2, 0.25) is 0 Å². The molecule has 2 rings (SSSR count). The maximum Gasteiger partial charge on any atom is 0.336 e. The van der Waals surface area contributed by atoms with Crippen LogP contribution in [0.5, 0.6) is 5.75 Å². The van der Waals surface area contributed by atoms with E-state index in [4.69, 9.17) is 22.5 Å². The standard InChI is InChI=1S/C15H16O3.H2O3S/c1-10(2)4-7-12-13(17-3)8-5-11-6-9-14(16)18-15(11)12;1-4(2)3/h4-6,8-9H,7H2,1-3H3;(H2,1,2,3). The van der Waals surface area contributed by atoms with Gasteiger partial charge < -0.3 is 9.15 Å². The van der Waals surface area contributed by atoms with Crippen LogP contribution in [-0.4, -0.2) is 20.4 Å². The van der Waals surface area contributed by atoms with Crippen LogP contribution in [0.2, 0.25) is 0 Å². The van der Waals surface area contributed by atoms with E-state index in [1.54, 1.807) is 13.2 Å². The Hall–Kier alpha value is -1.96. The van der Waals surface area contributed by atoms with Crippen molar-refractivity contribution < 1.29 is 22.5 Å². The van der Waals surface area contributed by atoms with E-state index in [0.29, 0.717) is 12.0 Å². The van der Waals surface area contributed by atoms with Gasteiger partial charge in [0.25, 0.3) is 11.4 Å². The first kappa shape index (κ1) is 18.1. The summed E-state index contributed by atoms with van der Waals surface area (Å²) in [6.45, 7) is 4.07. The van der Waals surface area contributed by atoms with Crippen molar-refractivity contribution in [3.8, 4) is 5.75 Å². The van der Waals surface area contributed by atoms with Crippen LogP contribution in [0.15, 0.2) is 45.1 Å². The number of benzene rings is 1. The number of ether oxygens (including phenoxy) is 1. The highest BCUT2D eigenvalue weighted by atomic mass is 32.2. The molecule has 0 unspecified atom stereocenters. The van der Waals surface area contributed by atoms with E-state index in [0.717, 1.165) is 16.7 Å². The highest BCUT2D eigenvalue weighted by Crippen LogP contribution is 2.28. The molecule has 0 aliphatic carbocycles. The molecule has 120 valence electrons. The van der Waals surface area contributed by atoms with Crippen molar-refractivity contribution in [2.75, 3.05) is 7.11 Å². The van der Waals surface area contributed by atoms with Crippen molar-refractivity contribution in [1.29, 1.82) is 0 Å². The lowest BCUT2D eigenvalue weighted by Gasteiger charge is -2.09. The third-order valence-electron chi connectivity index (χ3n) is 2.78. The number of hydrogen-bond acceptors (Lipinski definition) is 4. The van der Waals surface area contributed by atoms with Gasteiger partial charge in [-0.05, 0) is 38.5 Å². The second-order valence-corrected chi connectivity index (χ2v) is 5.10. The predicted octanol–water partition coefficient (Wildman–Crippen LogP) is 2.99. The average Bonchev–Trinajstić information content (AvgIpc) is 2.43. The fourth-order valence-corrected chi connectivity index (χ4v) is 1.86. The van der Waals surface area contributed by atoms with E-state index >= 15 is 0 Å². The van der Waals surface area contributed by atoms with Crippen LogP contribution < -0.4 is 10.4 Å². The van der Waals surface area contributed by atoms with E-state index in [2.05, 4.69) is 6.08 Å². The van der Waals surface area contributed by atoms with Gasteiger partial charge in [-0.15, -0.1) is 0 Å². The van der Waals surface area contributed by atoms with E-state index < -0.39 is 11.4 Å². The zero-order valence-corrected chi connectivity index (χ0v) is 13.3. The molecule has 22 heavy (non-hydrogen) atoms. The first-order valence-electron chi connectivity index (χ1n) is 6.38. The Bertz CT molecular complexity index is 739. The Morgan fingerprint density at radius 3 is 2.41 bits per heavy atom. The normalized spacial score (nSPS) is 10.1. The molecular formula is C15H18O6S. The van der Waals surface area contributed by atoms with Crippen LogP contribution in [0.4, 0.5) is 0 Å². The summed E-state index contributed by atoms with van der Waals surface area (Å²) in [5.74, 6) is 0.745. The van der Waals surface area contributed by atoms with E-state index in [1.807, 2.05) is 26.0 Å². The Morgan fingerprint density at radius 1 is 1.27 bits per heavy atom. The molecule has 0 saturated carbocycles. The van der Waals surface area contributed by atoms with Gasteiger partial charge in [-0.1, -0.05) is 11.6 Å². The van der Waals surface area contributed by atoms with Crippen molar-refractivity contribution >= 4 is 22.3 Å². The molecular weight excluding hydrogens is 308 g/mol. The number of allylic oxidation sites excluding steroid dienone is 2. The minimum atomic E-state index is -2.61. The number of hydrogen-bond donors (Lipinski definition) is 2. The molecule has 7 heteroatoms. The molecule has 0 amide bonds. The summed E-state index contributed by atoms with van der Waals surface area (Å²) >= 11 is -2.61. The van der Waals surface area contributed by atoms with Crippen molar-refractivity contribution in [3.63, 3.8) is 0 Å². The van der Waals surface area contributed by atoms with Gasteiger partial charge in [0.15, 0.2) is 0 Å². The van der Waals surface area contributed by atoms with Crippen molar-refractivity contribution in [3.05, 3.63) is 51.9 Å². The highest BCUT2D eigenvalue weighted by Gasteiger charge is 2.09. The monoisotopic (exact) mass is 326 g/mol. The maximum absolute atomic E-state index is 11.4. The summed E-state index contributed by atoms with van der Waals surface area (Å²) in [6.07, 6.45) is 2.78. The summed E-state index contributed by atoms with van der Waals surface area (Å²) in [6, 6.07) is 6.99. The fraction of sp³-hybridized carbons (Fsp3) is 0.267. The zero-order valence-electron chi connectivity index (χ0n) is 12.5. The number of fused-ring (bicyclic) bond motifs is 1. The second-order valence-electron chi connectivity index (χ2n) is 4.64. The van der Waals surface area contributed by atoms with Gasteiger partial charge >= 0.3 is 5.63 Å². The Morgan fingerprint density at radius 2 is 1.86 bits per heavy atom. The van der Waals surface area contributed by atoms with Crippen LogP contribution in [-0.2, 0) is 17.8 Å². The maximum atomic E-state index is 11.4. The summed E-state index contributed by atoms with van der Waals surface area (Å²) in [5, 5.41) is 0.910. The lowest BCUT2D eigenvalue weighted by molar-refractivity contribution is 0.409. The lowest BCUT2D eigenvalue weighted by atomic mass is 10.1. The van der Waals surface area contributed by atoms with Crippen LogP contribution in [0, 0.1) is 0 Å². The van der Waals surface area contributed by atoms with Crippen LogP contribution in [0.3, 0.4) is 0 Å². The minimum absolute atomic E-state index is 0.339. The topological polar surface area (TPSA) is 97.0 Å². The van der Waals surface area contributed by atoms with Crippen LogP contribution in [0.1, 0.15) is 19.4 Å². The molecule has 6 nitrogen and oxygen atoms in total. The molecule has 0 bridgehead atoms. The number of rotatable bonds is 3. The van der Waals surface area contributed by atoms with Gasteiger partial charge in [0, 0.05) is 17.0 Å². The van der Waals surface area contributed by atoms with Gasteiger partial charge in [-0.2, -0.15) is 4.21 Å².